The lowest BCUT2D eigenvalue weighted by Gasteiger charge is -2.34. The Bertz CT molecular complexity index is 383. The average Bonchev–Trinajstić information content (AvgIpc) is 3.14. The lowest BCUT2D eigenvalue weighted by molar-refractivity contribution is -0.143. The number of piperidine rings is 1. The van der Waals surface area contributed by atoms with Gasteiger partial charge in [-0.15, -0.1) is 0 Å². The lowest BCUT2D eigenvalue weighted by atomic mass is 9.91. The topological polar surface area (TPSA) is 69.6 Å². The zero-order chi connectivity index (χ0) is 14.9. The summed E-state index contributed by atoms with van der Waals surface area (Å²) in [4.78, 5) is 24.9. The summed E-state index contributed by atoms with van der Waals surface area (Å²) in [6.07, 6.45) is 1.86. The van der Waals surface area contributed by atoms with Gasteiger partial charge >= 0.3 is 12.0 Å². The third-order valence-corrected chi connectivity index (χ3v) is 4.65. The smallest absolute Gasteiger partial charge is 0.317 e. The van der Waals surface area contributed by atoms with Gasteiger partial charge in [0.25, 0.3) is 0 Å². The van der Waals surface area contributed by atoms with Gasteiger partial charge in [0.05, 0.1) is 5.92 Å². The van der Waals surface area contributed by atoms with Crippen LogP contribution >= 0.6 is 0 Å². The molecule has 20 heavy (non-hydrogen) atoms. The minimum Gasteiger partial charge on any atom is -0.481 e. The van der Waals surface area contributed by atoms with Crippen molar-refractivity contribution in [3.05, 3.63) is 0 Å². The van der Waals surface area contributed by atoms with Crippen LogP contribution in [0, 0.1) is 29.6 Å². The van der Waals surface area contributed by atoms with Gasteiger partial charge in [-0.25, -0.2) is 4.79 Å². The fraction of sp³-hybridized carbons (Fsp3) is 0.867. The molecule has 2 fully saturated rings. The predicted octanol–water partition coefficient (Wildman–Crippen LogP) is 2.03. The second kappa shape index (κ2) is 6.02. The number of nitrogens with one attached hydrogen (secondary N) is 1. The molecule has 4 atom stereocenters. The van der Waals surface area contributed by atoms with Crippen molar-refractivity contribution in [2.45, 2.75) is 33.6 Å². The van der Waals surface area contributed by atoms with Gasteiger partial charge in [0.1, 0.15) is 0 Å². The Hall–Kier alpha value is -1.26. The van der Waals surface area contributed by atoms with Crippen LogP contribution in [0.2, 0.25) is 0 Å². The first-order chi connectivity index (χ1) is 9.38. The van der Waals surface area contributed by atoms with Gasteiger partial charge in [-0.2, -0.15) is 0 Å². The lowest BCUT2D eigenvalue weighted by Crippen LogP contribution is -2.49. The van der Waals surface area contributed by atoms with E-state index < -0.39 is 11.9 Å². The molecule has 0 spiro atoms. The number of likely N-dealkylation sites (tertiary alicyclic amines) is 1. The normalized spacial score (nSPS) is 33.1. The summed E-state index contributed by atoms with van der Waals surface area (Å²) in [6.45, 7) is 8.17. The first kappa shape index (κ1) is 15.1. The number of aliphatic carboxylic acids is 1. The second-order valence-corrected chi connectivity index (χ2v) is 6.87. The third kappa shape index (κ3) is 3.64. The fourth-order valence-electron chi connectivity index (χ4n) is 3.35. The predicted molar refractivity (Wildman–Crippen MR) is 76.3 cm³/mol. The molecule has 2 unspecified atom stereocenters. The molecule has 1 saturated heterocycles. The highest BCUT2D eigenvalue weighted by atomic mass is 16.4. The molecule has 1 heterocycles. The van der Waals surface area contributed by atoms with Gasteiger partial charge in [-0.05, 0) is 36.5 Å². The Morgan fingerprint density at radius 3 is 2.55 bits per heavy atom. The molecule has 2 amide bonds. The second-order valence-electron chi connectivity index (χ2n) is 6.87. The van der Waals surface area contributed by atoms with E-state index in [9.17, 15) is 9.59 Å². The summed E-state index contributed by atoms with van der Waals surface area (Å²) in [5, 5.41) is 12.1. The van der Waals surface area contributed by atoms with Crippen LogP contribution in [0.25, 0.3) is 0 Å². The van der Waals surface area contributed by atoms with E-state index in [0.29, 0.717) is 31.3 Å². The van der Waals surface area contributed by atoms with E-state index in [1.807, 2.05) is 6.92 Å². The molecule has 5 nitrogen and oxygen atoms in total. The van der Waals surface area contributed by atoms with E-state index in [4.69, 9.17) is 5.11 Å². The molecule has 1 saturated carbocycles. The maximum absolute atomic E-state index is 12.1. The summed E-state index contributed by atoms with van der Waals surface area (Å²) in [5.74, 6) is 1.06. The minimum absolute atomic E-state index is 0.0998. The van der Waals surface area contributed by atoms with Crippen LogP contribution in [0.3, 0.4) is 0 Å². The van der Waals surface area contributed by atoms with Crippen molar-refractivity contribution < 1.29 is 14.7 Å². The summed E-state index contributed by atoms with van der Waals surface area (Å²) in [6, 6.07) is -0.0998. The molecule has 2 rings (SSSR count). The van der Waals surface area contributed by atoms with Crippen LogP contribution in [-0.2, 0) is 4.79 Å². The van der Waals surface area contributed by atoms with E-state index >= 15 is 0 Å². The van der Waals surface area contributed by atoms with E-state index in [2.05, 4.69) is 19.2 Å². The molecule has 2 aliphatic rings. The molecule has 1 aliphatic heterocycles. The summed E-state index contributed by atoms with van der Waals surface area (Å²) in [7, 11) is 0. The number of hydrogen-bond donors (Lipinski definition) is 2. The summed E-state index contributed by atoms with van der Waals surface area (Å²) < 4.78 is 0. The zero-order valence-electron chi connectivity index (χ0n) is 12.6. The number of carboxylic acids is 1. The number of amides is 2. The minimum atomic E-state index is -0.795. The molecular weight excluding hydrogens is 256 g/mol. The Morgan fingerprint density at radius 1 is 1.30 bits per heavy atom. The Kier molecular flexibility index (Phi) is 4.55. The molecule has 1 aliphatic carbocycles. The first-order valence-electron chi connectivity index (χ1n) is 7.64. The Morgan fingerprint density at radius 2 is 2.00 bits per heavy atom. The van der Waals surface area contributed by atoms with Crippen LogP contribution in [0.15, 0.2) is 0 Å². The number of hydrogen-bond acceptors (Lipinski definition) is 2. The average molecular weight is 282 g/mol. The van der Waals surface area contributed by atoms with Crippen molar-refractivity contribution >= 4 is 12.0 Å². The molecule has 114 valence electrons. The van der Waals surface area contributed by atoms with Gasteiger partial charge in [0.2, 0.25) is 0 Å². The molecule has 2 N–H and O–H groups in total. The van der Waals surface area contributed by atoms with E-state index in [-0.39, 0.29) is 11.9 Å². The fourth-order valence-corrected chi connectivity index (χ4v) is 3.35. The van der Waals surface area contributed by atoms with Crippen molar-refractivity contribution in [3.8, 4) is 0 Å². The number of urea groups is 1. The zero-order valence-corrected chi connectivity index (χ0v) is 12.6. The SMILES string of the molecule is CC1CC(C(=O)O)CN(C(=O)NC[C@@H]2C[C@H]2C(C)C)C1. The quantitative estimate of drug-likeness (QED) is 0.829. The summed E-state index contributed by atoms with van der Waals surface area (Å²) in [5.41, 5.74) is 0. The number of nitrogens with zero attached hydrogens (tertiary/aromatic N) is 1. The maximum atomic E-state index is 12.1. The molecule has 0 aromatic rings. The molecular formula is C15H26N2O3. The van der Waals surface area contributed by atoms with Crippen LogP contribution in [0.1, 0.15) is 33.6 Å². The van der Waals surface area contributed by atoms with Gasteiger partial charge in [0, 0.05) is 19.6 Å². The van der Waals surface area contributed by atoms with Crippen molar-refractivity contribution in [2.75, 3.05) is 19.6 Å². The van der Waals surface area contributed by atoms with Crippen LogP contribution in [-0.4, -0.2) is 41.6 Å². The van der Waals surface area contributed by atoms with Crippen molar-refractivity contribution in [3.63, 3.8) is 0 Å². The molecule has 5 heteroatoms. The maximum Gasteiger partial charge on any atom is 0.317 e. The van der Waals surface area contributed by atoms with E-state index in [1.54, 1.807) is 4.90 Å². The van der Waals surface area contributed by atoms with E-state index in [0.717, 1.165) is 12.5 Å². The van der Waals surface area contributed by atoms with Crippen LogP contribution in [0.5, 0.6) is 0 Å². The highest BCUT2D eigenvalue weighted by molar-refractivity contribution is 5.76. The van der Waals surface area contributed by atoms with Crippen molar-refractivity contribution in [1.82, 2.24) is 10.2 Å². The van der Waals surface area contributed by atoms with E-state index in [1.165, 1.54) is 6.42 Å². The molecule has 0 bridgehead atoms. The monoisotopic (exact) mass is 282 g/mol. The standard InChI is InChI=1S/C15H26N2O3/c1-9(2)13-5-11(13)6-16-15(20)17-7-10(3)4-12(8-17)14(18)19/h9-13H,4-8H2,1-3H3,(H,16,20)(H,18,19)/t10?,11-,12?,13-/m0/s1. The van der Waals surface area contributed by atoms with Gasteiger partial charge < -0.3 is 15.3 Å². The van der Waals surface area contributed by atoms with Crippen molar-refractivity contribution in [1.29, 1.82) is 0 Å². The van der Waals surface area contributed by atoms with Gasteiger partial charge in [-0.3, -0.25) is 4.79 Å². The molecule has 0 aromatic carbocycles. The van der Waals surface area contributed by atoms with Crippen LogP contribution in [0.4, 0.5) is 4.79 Å². The third-order valence-electron chi connectivity index (χ3n) is 4.65. The summed E-state index contributed by atoms with van der Waals surface area (Å²) >= 11 is 0. The highest BCUT2D eigenvalue weighted by Crippen LogP contribution is 2.43. The Balaban J connectivity index is 1.78. The largest absolute Gasteiger partial charge is 0.481 e. The van der Waals surface area contributed by atoms with Crippen molar-refractivity contribution in [2.24, 2.45) is 29.6 Å². The van der Waals surface area contributed by atoms with Crippen LogP contribution < -0.4 is 5.32 Å². The number of carboxylic acid groups (broad SMARTS) is 1. The first-order valence-corrected chi connectivity index (χ1v) is 7.64. The van der Waals surface area contributed by atoms with Gasteiger partial charge in [-0.1, -0.05) is 20.8 Å². The number of carbonyl (C=O) groups excluding carboxylic acids is 1. The molecule has 0 radical (unpaired) electrons. The molecule has 0 aromatic heterocycles. The highest BCUT2D eigenvalue weighted by Gasteiger charge is 2.39. The number of rotatable bonds is 4. The van der Waals surface area contributed by atoms with Gasteiger partial charge in [0.15, 0.2) is 0 Å². The Labute approximate surface area is 120 Å². The number of carbonyl (C=O) groups is 2.